The van der Waals surface area contributed by atoms with Gasteiger partial charge in [0.15, 0.2) is 0 Å². The smallest absolute Gasteiger partial charge is 0.142 e. The van der Waals surface area contributed by atoms with Crippen molar-refractivity contribution in [2.75, 3.05) is 12.4 Å². The molecular weight excluding hydrogens is 210 g/mol. The van der Waals surface area contributed by atoms with E-state index in [4.69, 9.17) is 4.74 Å². The molecule has 0 bridgehead atoms. The van der Waals surface area contributed by atoms with E-state index in [0.717, 1.165) is 17.4 Å². The first-order valence-corrected chi connectivity index (χ1v) is 6.62. The molecule has 2 unspecified atom stereocenters. The summed E-state index contributed by atoms with van der Waals surface area (Å²) in [5.74, 6) is 1.72. The maximum Gasteiger partial charge on any atom is 0.142 e. The zero-order chi connectivity index (χ0) is 12.3. The van der Waals surface area contributed by atoms with Crippen LogP contribution in [0, 0.1) is 12.8 Å². The monoisotopic (exact) mass is 233 g/mol. The van der Waals surface area contributed by atoms with Gasteiger partial charge in [0.25, 0.3) is 0 Å². The van der Waals surface area contributed by atoms with Crippen LogP contribution in [0.15, 0.2) is 18.2 Å². The van der Waals surface area contributed by atoms with Crippen molar-refractivity contribution in [3.05, 3.63) is 23.8 Å². The molecule has 2 rings (SSSR count). The van der Waals surface area contributed by atoms with Gasteiger partial charge >= 0.3 is 0 Å². The van der Waals surface area contributed by atoms with Crippen molar-refractivity contribution in [1.82, 2.24) is 0 Å². The van der Waals surface area contributed by atoms with Gasteiger partial charge < -0.3 is 10.1 Å². The van der Waals surface area contributed by atoms with Crippen LogP contribution in [0.4, 0.5) is 5.69 Å². The standard InChI is InChI=1S/C15H23NO/c1-11-8-9-14(15(10-11)17-3)16-13-7-5-4-6-12(13)2/h8-10,12-13,16H,4-7H2,1-3H3. The Hall–Kier alpha value is -1.18. The van der Waals surface area contributed by atoms with Gasteiger partial charge in [-0.2, -0.15) is 0 Å². The highest BCUT2D eigenvalue weighted by atomic mass is 16.5. The molecule has 0 heterocycles. The van der Waals surface area contributed by atoms with E-state index in [9.17, 15) is 0 Å². The van der Waals surface area contributed by atoms with E-state index >= 15 is 0 Å². The number of nitrogens with one attached hydrogen (secondary N) is 1. The Kier molecular flexibility index (Phi) is 3.93. The number of anilines is 1. The van der Waals surface area contributed by atoms with Gasteiger partial charge in [-0.1, -0.05) is 25.8 Å². The molecule has 2 nitrogen and oxygen atoms in total. The fraction of sp³-hybridized carbons (Fsp3) is 0.600. The molecule has 2 atom stereocenters. The molecule has 1 aromatic rings. The van der Waals surface area contributed by atoms with Crippen LogP contribution in [0.3, 0.4) is 0 Å². The third-order valence-corrected chi connectivity index (χ3v) is 3.81. The number of aryl methyl sites for hydroxylation is 1. The highest BCUT2D eigenvalue weighted by Crippen LogP contribution is 2.31. The van der Waals surface area contributed by atoms with Crippen LogP contribution in [-0.4, -0.2) is 13.2 Å². The van der Waals surface area contributed by atoms with Crippen molar-refractivity contribution in [1.29, 1.82) is 0 Å². The Morgan fingerprint density at radius 2 is 2.00 bits per heavy atom. The third kappa shape index (κ3) is 2.93. The molecule has 94 valence electrons. The second-order valence-corrected chi connectivity index (χ2v) is 5.22. The average Bonchev–Trinajstić information content (AvgIpc) is 2.34. The summed E-state index contributed by atoms with van der Waals surface area (Å²) in [6.45, 7) is 4.44. The molecule has 1 fully saturated rings. The van der Waals surface area contributed by atoms with Gasteiger partial charge in [0.05, 0.1) is 12.8 Å². The molecule has 0 aliphatic heterocycles. The molecule has 1 saturated carbocycles. The molecule has 1 aliphatic carbocycles. The number of hydrogen-bond acceptors (Lipinski definition) is 2. The summed E-state index contributed by atoms with van der Waals surface area (Å²) in [5.41, 5.74) is 2.38. The van der Waals surface area contributed by atoms with E-state index in [1.165, 1.54) is 31.2 Å². The molecule has 0 amide bonds. The van der Waals surface area contributed by atoms with Crippen molar-refractivity contribution in [3.8, 4) is 5.75 Å². The lowest BCUT2D eigenvalue weighted by atomic mass is 9.86. The van der Waals surface area contributed by atoms with E-state index in [1.807, 2.05) is 0 Å². The van der Waals surface area contributed by atoms with E-state index in [-0.39, 0.29) is 0 Å². The Bertz CT molecular complexity index is 375. The first kappa shape index (κ1) is 12.3. The third-order valence-electron chi connectivity index (χ3n) is 3.81. The minimum Gasteiger partial charge on any atom is -0.495 e. The zero-order valence-electron chi connectivity index (χ0n) is 11.1. The molecule has 1 aromatic carbocycles. The molecule has 0 radical (unpaired) electrons. The van der Waals surface area contributed by atoms with Crippen LogP contribution in [-0.2, 0) is 0 Å². The summed E-state index contributed by atoms with van der Waals surface area (Å²) >= 11 is 0. The summed E-state index contributed by atoms with van der Waals surface area (Å²) in [5, 5.41) is 3.65. The number of hydrogen-bond donors (Lipinski definition) is 1. The van der Waals surface area contributed by atoms with Gasteiger partial charge in [-0.15, -0.1) is 0 Å². The minimum atomic E-state index is 0.598. The fourth-order valence-corrected chi connectivity index (χ4v) is 2.65. The average molecular weight is 233 g/mol. The van der Waals surface area contributed by atoms with Crippen LogP contribution < -0.4 is 10.1 Å². The largest absolute Gasteiger partial charge is 0.495 e. The Morgan fingerprint density at radius 1 is 1.24 bits per heavy atom. The Morgan fingerprint density at radius 3 is 2.71 bits per heavy atom. The second kappa shape index (κ2) is 5.44. The van der Waals surface area contributed by atoms with E-state index in [2.05, 4.69) is 37.4 Å². The molecule has 2 heteroatoms. The minimum absolute atomic E-state index is 0.598. The van der Waals surface area contributed by atoms with Crippen molar-refractivity contribution in [2.24, 2.45) is 5.92 Å². The van der Waals surface area contributed by atoms with Gasteiger partial charge in [-0.3, -0.25) is 0 Å². The zero-order valence-corrected chi connectivity index (χ0v) is 11.1. The lowest BCUT2D eigenvalue weighted by Crippen LogP contribution is -2.30. The first-order chi connectivity index (χ1) is 8.20. The van der Waals surface area contributed by atoms with Crippen LogP contribution in [0.1, 0.15) is 38.2 Å². The van der Waals surface area contributed by atoms with Crippen molar-refractivity contribution >= 4 is 5.69 Å². The van der Waals surface area contributed by atoms with E-state index < -0.39 is 0 Å². The summed E-state index contributed by atoms with van der Waals surface area (Å²) in [6, 6.07) is 6.96. The van der Waals surface area contributed by atoms with Gasteiger partial charge in [0.2, 0.25) is 0 Å². The Balaban J connectivity index is 2.11. The van der Waals surface area contributed by atoms with Crippen molar-refractivity contribution in [2.45, 2.75) is 45.6 Å². The number of ether oxygens (including phenoxy) is 1. The maximum atomic E-state index is 5.44. The molecular formula is C15H23NO. The molecule has 0 saturated heterocycles. The summed E-state index contributed by atoms with van der Waals surface area (Å²) < 4.78 is 5.44. The van der Waals surface area contributed by atoms with Crippen LogP contribution in [0.25, 0.3) is 0 Å². The first-order valence-electron chi connectivity index (χ1n) is 6.62. The van der Waals surface area contributed by atoms with Crippen molar-refractivity contribution in [3.63, 3.8) is 0 Å². The van der Waals surface area contributed by atoms with Crippen LogP contribution in [0.2, 0.25) is 0 Å². The van der Waals surface area contributed by atoms with E-state index in [1.54, 1.807) is 7.11 Å². The highest BCUT2D eigenvalue weighted by Gasteiger charge is 2.21. The van der Waals surface area contributed by atoms with Gasteiger partial charge in [0.1, 0.15) is 5.75 Å². The molecule has 1 aliphatic rings. The summed E-state index contributed by atoms with van der Waals surface area (Å²) in [4.78, 5) is 0. The predicted molar refractivity (Wildman–Crippen MR) is 72.8 cm³/mol. The van der Waals surface area contributed by atoms with Gasteiger partial charge in [-0.05, 0) is 43.4 Å². The second-order valence-electron chi connectivity index (χ2n) is 5.22. The summed E-state index contributed by atoms with van der Waals surface area (Å²) in [6.07, 6.45) is 5.34. The van der Waals surface area contributed by atoms with Gasteiger partial charge in [-0.25, -0.2) is 0 Å². The van der Waals surface area contributed by atoms with Gasteiger partial charge in [0, 0.05) is 6.04 Å². The molecule has 0 spiro atoms. The number of methoxy groups -OCH3 is 1. The topological polar surface area (TPSA) is 21.3 Å². The molecule has 0 aromatic heterocycles. The van der Waals surface area contributed by atoms with E-state index in [0.29, 0.717) is 6.04 Å². The predicted octanol–water partition coefficient (Wildman–Crippen LogP) is 3.99. The normalized spacial score (nSPS) is 24.4. The number of rotatable bonds is 3. The fourth-order valence-electron chi connectivity index (χ4n) is 2.65. The SMILES string of the molecule is COc1cc(C)ccc1NC1CCCCC1C. The molecule has 1 N–H and O–H groups in total. The van der Waals surface area contributed by atoms with Crippen LogP contribution in [0.5, 0.6) is 5.75 Å². The molecule has 17 heavy (non-hydrogen) atoms. The maximum absolute atomic E-state index is 5.44. The lowest BCUT2D eigenvalue weighted by Gasteiger charge is -2.30. The quantitative estimate of drug-likeness (QED) is 0.852. The number of benzene rings is 1. The van der Waals surface area contributed by atoms with Crippen LogP contribution >= 0.6 is 0 Å². The lowest BCUT2D eigenvalue weighted by molar-refractivity contribution is 0.347. The summed E-state index contributed by atoms with van der Waals surface area (Å²) in [7, 11) is 1.74. The highest BCUT2D eigenvalue weighted by molar-refractivity contribution is 5.58. The van der Waals surface area contributed by atoms with Crippen molar-refractivity contribution < 1.29 is 4.74 Å². The Labute approximate surface area is 104 Å².